The number of aliphatic carboxylic acids is 1. The fraction of sp³-hybridized carbons (Fsp3) is 0.200. The Morgan fingerprint density at radius 3 is 2.60 bits per heavy atom. The van der Waals surface area contributed by atoms with Gasteiger partial charge in [0, 0.05) is 16.5 Å². The lowest BCUT2D eigenvalue weighted by atomic mass is 10.1. The number of halogens is 1. The minimum atomic E-state index is -1.64. The molecule has 0 saturated carbocycles. The van der Waals surface area contributed by atoms with E-state index in [0.29, 0.717) is 5.56 Å². The second-order valence-electron chi connectivity index (χ2n) is 2.99. The molecule has 0 saturated heterocycles. The van der Waals surface area contributed by atoms with E-state index >= 15 is 0 Å². The molecule has 0 heterocycles. The van der Waals surface area contributed by atoms with Crippen LogP contribution in [-0.4, -0.2) is 28.1 Å². The van der Waals surface area contributed by atoms with Gasteiger partial charge in [-0.05, 0) is 12.1 Å². The molecular formula is C10H9BrO4. The Labute approximate surface area is 94.7 Å². The third-order valence-electron chi connectivity index (χ3n) is 1.81. The van der Waals surface area contributed by atoms with Crippen LogP contribution in [0.2, 0.25) is 0 Å². The van der Waals surface area contributed by atoms with Crippen molar-refractivity contribution in [2.45, 2.75) is 12.5 Å². The maximum Gasteiger partial charge on any atom is 0.332 e. The Bertz CT molecular complexity index is 389. The van der Waals surface area contributed by atoms with Crippen LogP contribution in [0.15, 0.2) is 28.7 Å². The van der Waals surface area contributed by atoms with Crippen molar-refractivity contribution in [2.24, 2.45) is 0 Å². The monoisotopic (exact) mass is 272 g/mol. The van der Waals surface area contributed by atoms with Crippen LogP contribution >= 0.6 is 15.9 Å². The maximum absolute atomic E-state index is 11.5. The molecule has 0 aliphatic rings. The molecule has 80 valence electrons. The van der Waals surface area contributed by atoms with Crippen molar-refractivity contribution in [1.82, 2.24) is 0 Å². The van der Waals surface area contributed by atoms with Crippen molar-refractivity contribution in [2.75, 3.05) is 0 Å². The Hall–Kier alpha value is -1.20. The number of carboxylic acid groups (broad SMARTS) is 1. The number of hydrogen-bond donors (Lipinski definition) is 2. The van der Waals surface area contributed by atoms with Crippen molar-refractivity contribution < 1.29 is 19.8 Å². The Kier molecular flexibility index (Phi) is 3.99. The molecule has 4 nitrogen and oxygen atoms in total. The molecule has 15 heavy (non-hydrogen) atoms. The maximum atomic E-state index is 11.5. The van der Waals surface area contributed by atoms with E-state index in [0.717, 1.165) is 4.47 Å². The molecule has 5 heteroatoms. The molecule has 0 spiro atoms. The minimum Gasteiger partial charge on any atom is -0.479 e. The van der Waals surface area contributed by atoms with Crippen LogP contribution in [0.4, 0.5) is 0 Å². The number of hydrogen-bond acceptors (Lipinski definition) is 3. The standard InChI is InChI=1S/C10H9BrO4/c11-7-3-1-2-6(4-7)8(12)5-9(13)10(14)15/h1-4,9,13H,5H2,(H,14,15). The highest BCUT2D eigenvalue weighted by Gasteiger charge is 2.18. The zero-order valence-electron chi connectivity index (χ0n) is 7.68. The summed E-state index contributed by atoms with van der Waals surface area (Å²) in [7, 11) is 0. The van der Waals surface area contributed by atoms with E-state index in [9.17, 15) is 9.59 Å². The van der Waals surface area contributed by atoms with Crippen LogP contribution in [0.25, 0.3) is 0 Å². The van der Waals surface area contributed by atoms with Gasteiger partial charge in [0.15, 0.2) is 11.9 Å². The highest BCUT2D eigenvalue weighted by atomic mass is 79.9. The van der Waals surface area contributed by atoms with Crippen LogP contribution in [-0.2, 0) is 4.79 Å². The topological polar surface area (TPSA) is 74.6 Å². The van der Waals surface area contributed by atoms with E-state index in [4.69, 9.17) is 10.2 Å². The normalized spacial score (nSPS) is 12.1. The van der Waals surface area contributed by atoms with Gasteiger partial charge in [0.2, 0.25) is 0 Å². The van der Waals surface area contributed by atoms with Gasteiger partial charge in [-0.15, -0.1) is 0 Å². The number of carbonyl (C=O) groups is 2. The van der Waals surface area contributed by atoms with Crippen molar-refractivity contribution in [3.05, 3.63) is 34.3 Å². The largest absolute Gasteiger partial charge is 0.479 e. The predicted octanol–water partition coefficient (Wildman–Crippen LogP) is 1.47. The summed E-state index contributed by atoms with van der Waals surface area (Å²) in [4.78, 5) is 21.8. The Morgan fingerprint density at radius 1 is 1.40 bits per heavy atom. The molecule has 0 amide bonds. The molecule has 2 N–H and O–H groups in total. The Morgan fingerprint density at radius 2 is 2.07 bits per heavy atom. The summed E-state index contributed by atoms with van der Waals surface area (Å²) in [6, 6.07) is 6.58. The number of carboxylic acids is 1. The smallest absolute Gasteiger partial charge is 0.332 e. The number of ketones is 1. The van der Waals surface area contributed by atoms with E-state index in [1.165, 1.54) is 0 Å². The van der Waals surface area contributed by atoms with Crippen LogP contribution in [0.3, 0.4) is 0 Å². The lowest BCUT2D eigenvalue weighted by Crippen LogP contribution is -2.23. The number of carbonyl (C=O) groups excluding carboxylic acids is 1. The number of aliphatic hydroxyl groups excluding tert-OH is 1. The van der Waals surface area contributed by atoms with E-state index in [-0.39, 0.29) is 0 Å². The molecule has 0 bridgehead atoms. The summed E-state index contributed by atoms with van der Waals surface area (Å²) in [5.74, 6) is -1.79. The molecule has 1 aromatic rings. The van der Waals surface area contributed by atoms with E-state index in [1.807, 2.05) is 0 Å². The minimum absolute atomic E-state index is 0.379. The fourth-order valence-corrected chi connectivity index (χ4v) is 1.44. The lowest BCUT2D eigenvalue weighted by Gasteiger charge is -2.04. The molecule has 1 aromatic carbocycles. The van der Waals surface area contributed by atoms with E-state index in [1.54, 1.807) is 24.3 Å². The average Bonchev–Trinajstić information content (AvgIpc) is 2.17. The first-order chi connectivity index (χ1) is 7.00. The van der Waals surface area contributed by atoms with Crippen molar-refractivity contribution in [3.8, 4) is 0 Å². The molecule has 0 radical (unpaired) electrons. The molecule has 0 aromatic heterocycles. The average molecular weight is 273 g/mol. The van der Waals surface area contributed by atoms with Crippen molar-refractivity contribution in [1.29, 1.82) is 0 Å². The molecule has 0 aliphatic heterocycles. The molecule has 0 fully saturated rings. The summed E-state index contributed by atoms with van der Waals surface area (Å²) in [6.45, 7) is 0. The third-order valence-corrected chi connectivity index (χ3v) is 2.30. The second kappa shape index (κ2) is 5.04. The molecule has 1 unspecified atom stereocenters. The van der Waals surface area contributed by atoms with Crippen molar-refractivity contribution >= 4 is 27.7 Å². The summed E-state index contributed by atoms with van der Waals surface area (Å²) < 4.78 is 0.734. The van der Waals surface area contributed by atoms with Gasteiger partial charge >= 0.3 is 5.97 Å². The summed E-state index contributed by atoms with van der Waals surface area (Å²) >= 11 is 3.19. The summed E-state index contributed by atoms with van der Waals surface area (Å²) in [5.41, 5.74) is 0.379. The number of benzene rings is 1. The lowest BCUT2D eigenvalue weighted by molar-refractivity contribution is -0.146. The molecular weight excluding hydrogens is 264 g/mol. The van der Waals surface area contributed by atoms with Gasteiger partial charge in [0.25, 0.3) is 0 Å². The SMILES string of the molecule is O=C(CC(O)C(=O)O)c1cccc(Br)c1. The number of rotatable bonds is 4. The summed E-state index contributed by atoms with van der Waals surface area (Å²) in [6.07, 6.45) is -2.05. The highest BCUT2D eigenvalue weighted by Crippen LogP contribution is 2.13. The fourth-order valence-electron chi connectivity index (χ4n) is 1.04. The quantitative estimate of drug-likeness (QED) is 0.814. The van der Waals surface area contributed by atoms with Crippen molar-refractivity contribution in [3.63, 3.8) is 0 Å². The second-order valence-corrected chi connectivity index (χ2v) is 3.91. The van der Waals surface area contributed by atoms with Gasteiger partial charge in [-0.2, -0.15) is 0 Å². The third kappa shape index (κ3) is 3.45. The first-order valence-electron chi connectivity index (χ1n) is 4.20. The van der Waals surface area contributed by atoms with Gasteiger partial charge in [-0.25, -0.2) is 4.79 Å². The van der Waals surface area contributed by atoms with Crippen LogP contribution < -0.4 is 0 Å². The predicted molar refractivity (Wildman–Crippen MR) is 56.7 cm³/mol. The van der Waals surface area contributed by atoms with E-state index in [2.05, 4.69) is 15.9 Å². The Balaban J connectivity index is 2.73. The zero-order valence-corrected chi connectivity index (χ0v) is 9.27. The molecule has 1 atom stereocenters. The van der Waals surface area contributed by atoms with Crippen LogP contribution in [0.5, 0.6) is 0 Å². The van der Waals surface area contributed by atoms with Gasteiger partial charge < -0.3 is 10.2 Å². The van der Waals surface area contributed by atoms with Gasteiger partial charge in [0.1, 0.15) is 0 Å². The zero-order chi connectivity index (χ0) is 11.4. The highest BCUT2D eigenvalue weighted by molar-refractivity contribution is 9.10. The number of Topliss-reactive ketones (excluding diaryl/α,β-unsaturated/α-hetero) is 1. The first-order valence-corrected chi connectivity index (χ1v) is 4.99. The molecule has 0 aliphatic carbocycles. The van der Waals surface area contributed by atoms with Crippen LogP contribution in [0.1, 0.15) is 16.8 Å². The van der Waals surface area contributed by atoms with Gasteiger partial charge in [0.05, 0.1) is 0 Å². The molecule has 1 rings (SSSR count). The van der Waals surface area contributed by atoms with Gasteiger partial charge in [-0.3, -0.25) is 4.79 Å². The van der Waals surface area contributed by atoms with Crippen LogP contribution in [0, 0.1) is 0 Å². The first kappa shape index (κ1) is 11.9. The summed E-state index contributed by atoms with van der Waals surface area (Å²) in [5, 5.41) is 17.4. The van der Waals surface area contributed by atoms with Gasteiger partial charge in [-0.1, -0.05) is 28.1 Å². The van der Waals surface area contributed by atoms with E-state index < -0.39 is 24.3 Å². The number of aliphatic hydroxyl groups is 1.